The average Bonchev–Trinajstić information content (AvgIpc) is 2.49. The third kappa shape index (κ3) is 3.98. The Morgan fingerprint density at radius 3 is 2.67 bits per heavy atom. The lowest BCUT2D eigenvalue weighted by molar-refractivity contribution is -0.149. The second kappa shape index (κ2) is 7.27. The van der Waals surface area contributed by atoms with Crippen molar-refractivity contribution in [3.63, 3.8) is 0 Å². The third-order valence-electron chi connectivity index (χ3n) is 3.56. The summed E-state index contributed by atoms with van der Waals surface area (Å²) in [6.07, 6.45) is 1.28. The lowest BCUT2D eigenvalue weighted by Gasteiger charge is -2.31. The molecule has 0 atom stereocenters. The van der Waals surface area contributed by atoms with Crippen LogP contribution in [0.4, 0.5) is 0 Å². The summed E-state index contributed by atoms with van der Waals surface area (Å²) in [5.41, 5.74) is 0.553. The number of hydrogen-bond donors (Lipinski definition) is 0. The molecule has 0 spiro atoms. The van der Waals surface area contributed by atoms with Crippen molar-refractivity contribution in [3.05, 3.63) is 33.3 Å². The van der Waals surface area contributed by atoms with Crippen molar-refractivity contribution in [1.82, 2.24) is 4.90 Å². The van der Waals surface area contributed by atoms with Crippen LogP contribution in [0.1, 0.15) is 30.1 Å². The number of benzene rings is 1. The predicted molar refractivity (Wildman–Crippen MR) is 84.4 cm³/mol. The van der Waals surface area contributed by atoms with Crippen LogP contribution in [0.5, 0.6) is 0 Å². The monoisotopic (exact) mass is 373 g/mol. The molecule has 1 aromatic carbocycles. The Bertz CT molecular complexity index is 542. The maximum absolute atomic E-state index is 12.5. The SMILES string of the molecule is CCOC(=O)C1CCN(C(=O)c2cc(Cl)ccc2Br)CC1. The summed E-state index contributed by atoms with van der Waals surface area (Å²) < 4.78 is 5.76. The molecule has 4 nitrogen and oxygen atoms in total. The second-order valence-corrected chi connectivity index (χ2v) is 6.23. The van der Waals surface area contributed by atoms with Gasteiger partial charge in [0.1, 0.15) is 0 Å². The molecular formula is C15H17BrClNO3. The molecule has 1 heterocycles. The highest BCUT2D eigenvalue weighted by molar-refractivity contribution is 9.10. The molecule has 2 rings (SSSR count). The first kappa shape index (κ1) is 16.3. The molecule has 0 aromatic heterocycles. The number of esters is 1. The van der Waals surface area contributed by atoms with E-state index in [-0.39, 0.29) is 17.8 Å². The van der Waals surface area contributed by atoms with E-state index >= 15 is 0 Å². The number of rotatable bonds is 3. The molecule has 21 heavy (non-hydrogen) atoms. The van der Waals surface area contributed by atoms with Gasteiger partial charge in [0.2, 0.25) is 0 Å². The number of amides is 1. The first-order chi connectivity index (χ1) is 10.0. The van der Waals surface area contributed by atoms with Crippen LogP contribution in [-0.2, 0) is 9.53 Å². The molecule has 0 bridgehead atoms. The van der Waals surface area contributed by atoms with Gasteiger partial charge in [0.25, 0.3) is 5.91 Å². The Morgan fingerprint density at radius 1 is 1.38 bits per heavy atom. The third-order valence-corrected chi connectivity index (χ3v) is 4.49. The molecule has 0 aliphatic carbocycles. The fourth-order valence-corrected chi connectivity index (χ4v) is 3.00. The Morgan fingerprint density at radius 2 is 2.05 bits per heavy atom. The molecule has 1 saturated heterocycles. The van der Waals surface area contributed by atoms with E-state index in [1.165, 1.54) is 0 Å². The zero-order chi connectivity index (χ0) is 15.4. The summed E-state index contributed by atoms with van der Waals surface area (Å²) >= 11 is 9.32. The van der Waals surface area contributed by atoms with Gasteiger partial charge in [0.05, 0.1) is 18.1 Å². The zero-order valence-electron chi connectivity index (χ0n) is 11.8. The molecule has 0 saturated carbocycles. The van der Waals surface area contributed by atoms with Crippen LogP contribution in [0, 0.1) is 5.92 Å². The van der Waals surface area contributed by atoms with Gasteiger partial charge in [-0.2, -0.15) is 0 Å². The fourth-order valence-electron chi connectivity index (χ4n) is 2.41. The lowest BCUT2D eigenvalue weighted by atomic mass is 9.96. The quantitative estimate of drug-likeness (QED) is 0.761. The number of nitrogens with zero attached hydrogens (tertiary/aromatic N) is 1. The first-order valence-corrected chi connectivity index (χ1v) is 8.11. The van der Waals surface area contributed by atoms with E-state index in [4.69, 9.17) is 16.3 Å². The van der Waals surface area contributed by atoms with Gasteiger partial charge < -0.3 is 9.64 Å². The Labute approximate surface area is 137 Å². The highest BCUT2D eigenvalue weighted by Crippen LogP contribution is 2.25. The van der Waals surface area contributed by atoms with Gasteiger partial charge in [0.15, 0.2) is 0 Å². The van der Waals surface area contributed by atoms with Crippen LogP contribution in [0.25, 0.3) is 0 Å². The predicted octanol–water partition coefficient (Wildman–Crippen LogP) is 3.52. The van der Waals surface area contributed by atoms with Crippen molar-refractivity contribution in [3.8, 4) is 0 Å². The molecule has 1 amide bonds. The van der Waals surface area contributed by atoms with Gasteiger partial charge in [-0.1, -0.05) is 11.6 Å². The number of likely N-dealkylation sites (tertiary alicyclic amines) is 1. The van der Waals surface area contributed by atoms with Crippen LogP contribution < -0.4 is 0 Å². The van der Waals surface area contributed by atoms with E-state index in [2.05, 4.69) is 15.9 Å². The molecule has 1 fully saturated rings. The van der Waals surface area contributed by atoms with E-state index in [0.29, 0.717) is 43.1 Å². The highest BCUT2D eigenvalue weighted by Gasteiger charge is 2.29. The van der Waals surface area contributed by atoms with Gasteiger partial charge in [-0.25, -0.2) is 0 Å². The van der Waals surface area contributed by atoms with E-state index in [0.717, 1.165) is 4.47 Å². The van der Waals surface area contributed by atoms with Crippen molar-refractivity contribution in [1.29, 1.82) is 0 Å². The maximum atomic E-state index is 12.5. The molecule has 114 valence electrons. The minimum absolute atomic E-state index is 0.0633. The Hall–Kier alpha value is -1.07. The first-order valence-electron chi connectivity index (χ1n) is 6.94. The van der Waals surface area contributed by atoms with Crippen LogP contribution in [0.3, 0.4) is 0 Å². The molecule has 0 N–H and O–H groups in total. The summed E-state index contributed by atoms with van der Waals surface area (Å²) in [6, 6.07) is 5.15. The Balaban J connectivity index is 2.00. The van der Waals surface area contributed by atoms with Gasteiger partial charge in [-0.15, -0.1) is 0 Å². The largest absolute Gasteiger partial charge is 0.466 e. The standard InChI is InChI=1S/C15H17BrClNO3/c1-2-21-15(20)10-5-7-18(8-6-10)14(19)12-9-11(17)3-4-13(12)16/h3-4,9-10H,2,5-8H2,1H3. The molecule has 1 aromatic rings. The molecule has 6 heteroatoms. The van der Waals surface area contributed by atoms with Crippen molar-refractivity contribution >= 4 is 39.4 Å². The van der Waals surface area contributed by atoms with Gasteiger partial charge in [0, 0.05) is 22.6 Å². The van der Waals surface area contributed by atoms with Crippen molar-refractivity contribution in [2.75, 3.05) is 19.7 Å². The molecule has 0 radical (unpaired) electrons. The molecule has 1 aliphatic heterocycles. The minimum atomic E-state index is -0.159. The number of carbonyl (C=O) groups is 2. The van der Waals surface area contributed by atoms with Crippen LogP contribution in [-0.4, -0.2) is 36.5 Å². The van der Waals surface area contributed by atoms with E-state index in [1.807, 2.05) is 0 Å². The number of ether oxygens (including phenoxy) is 1. The van der Waals surface area contributed by atoms with Crippen LogP contribution in [0.15, 0.2) is 22.7 Å². The zero-order valence-corrected chi connectivity index (χ0v) is 14.1. The molecule has 1 aliphatic rings. The Kier molecular flexibility index (Phi) is 5.65. The highest BCUT2D eigenvalue weighted by atomic mass is 79.9. The molecule has 0 unspecified atom stereocenters. The molecular weight excluding hydrogens is 358 g/mol. The van der Waals surface area contributed by atoms with Gasteiger partial charge >= 0.3 is 5.97 Å². The number of piperidine rings is 1. The number of carbonyl (C=O) groups excluding carboxylic acids is 2. The number of hydrogen-bond acceptors (Lipinski definition) is 3. The van der Waals surface area contributed by atoms with E-state index in [1.54, 1.807) is 30.0 Å². The van der Waals surface area contributed by atoms with Crippen molar-refractivity contribution in [2.45, 2.75) is 19.8 Å². The summed E-state index contributed by atoms with van der Waals surface area (Å²) in [5.74, 6) is -0.322. The maximum Gasteiger partial charge on any atom is 0.309 e. The van der Waals surface area contributed by atoms with E-state index in [9.17, 15) is 9.59 Å². The fraction of sp³-hybridized carbons (Fsp3) is 0.467. The summed E-state index contributed by atoms with van der Waals surface area (Å²) in [5, 5.41) is 0.531. The van der Waals surface area contributed by atoms with Gasteiger partial charge in [-0.3, -0.25) is 9.59 Å². The van der Waals surface area contributed by atoms with Crippen LogP contribution >= 0.6 is 27.5 Å². The van der Waals surface area contributed by atoms with E-state index < -0.39 is 0 Å². The smallest absolute Gasteiger partial charge is 0.309 e. The minimum Gasteiger partial charge on any atom is -0.466 e. The summed E-state index contributed by atoms with van der Waals surface area (Å²) in [4.78, 5) is 25.9. The topological polar surface area (TPSA) is 46.6 Å². The summed E-state index contributed by atoms with van der Waals surface area (Å²) in [6.45, 7) is 3.31. The lowest BCUT2D eigenvalue weighted by Crippen LogP contribution is -2.40. The summed E-state index contributed by atoms with van der Waals surface area (Å²) in [7, 11) is 0. The number of halogens is 2. The normalized spacial score (nSPS) is 15.9. The van der Waals surface area contributed by atoms with Crippen molar-refractivity contribution < 1.29 is 14.3 Å². The average molecular weight is 375 g/mol. The van der Waals surface area contributed by atoms with Crippen molar-refractivity contribution in [2.24, 2.45) is 5.92 Å². The van der Waals surface area contributed by atoms with Gasteiger partial charge in [-0.05, 0) is 53.9 Å². The van der Waals surface area contributed by atoms with Crippen LogP contribution in [0.2, 0.25) is 5.02 Å². The second-order valence-electron chi connectivity index (χ2n) is 4.94.